The second-order valence-corrected chi connectivity index (χ2v) is 9.64. The molecule has 0 saturated heterocycles. The highest BCUT2D eigenvalue weighted by molar-refractivity contribution is 7.85. The van der Waals surface area contributed by atoms with Gasteiger partial charge in [-0.3, -0.25) is 0 Å². The number of aryl methyl sites for hydroxylation is 2. The Morgan fingerprint density at radius 1 is 0.722 bits per heavy atom. The van der Waals surface area contributed by atoms with E-state index in [2.05, 4.69) is 10.6 Å². The molecule has 4 aromatic carbocycles. The van der Waals surface area contributed by atoms with E-state index in [1.54, 1.807) is 54.6 Å². The molecule has 1 atom stereocenters. The zero-order chi connectivity index (χ0) is 25.8. The van der Waals surface area contributed by atoms with Gasteiger partial charge in [-0.1, -0.05) is 53.6 Å². The maximum Gasteiger partial charge on any atom is 0.339 e. The minimum absolute atomic E-state index is 0.0255. The predicted molar refractivity (Wildman–Crippen MR) is 140 cm³/mol. The smallest absolute Gasteiger partial charge is 0.339 e. The second-order valence-electron chi connectivity index (χ2n) is 8.22. The molecule has 36 heavy (non-hydrogen) atoms. The Hall–Kier alpha value is -4.43. The van der Waals surface area contributed by atoms with Gasteiger partial charge in [0.1, 0.15) is 5.56 Å². The molecular formula is C28H24N2O5S. The van der Waals surface area contributed by atoms with Crippen molar-refractivity contribution in [2.45, 2.75) is 23.6 Å². The molecule has 0 saturated carbocycles. The van der Waals surface area contributed by atoms with Crippen LogP contribution in [-0.4, -0.2) is 26.4 Å². The lowest BCUT2D eigenvalue weighted by Crippen LogP contribution is -2.15. The van der Waals surface area contributed by atoms with Crippen LogP contribution in [0.2, 0.25) is 0 Å². The summed E-state index contributed by atoms with van der Waals surface area (Å²) < 4.78 is 13.8. The zero-order valence-electron chi connectivity index (χ0n) is 19.6. The fourth-order valence-corrected chi connectivity index (χ4v) is 5.05. The molecule has 0 aliphatic carbocycles. The van der Waals surface area contributed by atoms with Crippen molar-refractivity contribution < 1.29 is 24.0 Å². The van der Waals surface area contributed by atoms with E-state index < -0.39 is 22.7 Å². The third-order valence-electron chi connectivity index (χ3n) is 5.52. The van der Waals surface area contributed by atoms with Crippen LogP contribution in [0.4, 0.5) is 22.7 Å². The van der Waals surface area contributed by atoms with Crippen LogP contribution in [0, 0.1) is 13.8 Å². The summed E-state index contributed by atoms with van der Waals surface area (Å²) in [6.45, 7) is 3.83. The van der Waals surface area contributed by atoms with Gasteiger partial charge in [-0.15, -0.1) is 0 Å². The Bertz CT molecular complexity index is 1450. The third-order valence-corrected chi connectivity index (χ3v) is 7.00. The van der Waals surface area contributed by atoms with Crippen molar-refractivity contribution in [2.75, 3.05) is 10.6 Å². The second kappa shape index (κ2) is 10.5. The molecule has 0 aromatic heterocycles. The molecule has 4 aromatic rings. The van der Waals surface area contributed by atoms with Gasteiger partial charge in [0.2, 0.25) is 0 Å². The summed E-state index contributed by atoms with van der Waals surface area (Å²) in [4.78, 5) is 25.2. The number of carboxylic acids is 2. The lowest BCUT2D eigenvalue weighted by molar-refractivity contribution is 0.0680. The minimum atomic E-state index is -2.01. The Morgan fingerprint density at radius 2 is 1.25 bits per heavy atom. The summed E-state index contributed by atoms with van der Waals surface area (Å²) in [5, 5.41) is 26.4. The monoisotopic (exact) mass is 500 g/mol. The van der Waals surface area contributed by atoms with Crippen molar-refractivity contribution in [2.24, 2.45) is 0 Å². The molecule has 1 unspecified atom stereocenters. The molecule has 4 N–H and O–H groups in total. The number of aromatic carboxylic acids is 2. The van der Waals surface area contributed by atoms with Crippen molar-refractivity contribution >= 4 is 45.5 Å². The molecule has 7 nitrogen and oxygen atoms in total. The van der Waals surface area contributed by atoms with Crippen molar-refractivity contribution in [3.8, 4) is 0 Å². The highest BCUT2D eigenvalue weighted by Crippen LogP contribution is 2.39. The number of carboxylic acid groups (broad SMARTS) is 2. The number of anilines is 4. The van der Waals surface area contributed by atoms with Crippen LogP contribution in [0.1, 0.15) is 31.8 Å². The highest BCUT2D eigenvalue weighted by atomic mass is 32.2. The maximum absolute atomic E-state index is 13.8. The Labute approximate surface area is 210 Å². The minimum Gasteiger partial charge on any atom is -0.478 e. The first-order chi connectivity index (χ1) is 17.2. The molecule has 0 bridgehead atoms. The third kappa shape index (κ3) is 5.29. The van der Waals surface area contributed by atoms with Gasteiger partial charge in [0.05, 0.1) is 32.6 Å². The normalized spacial score (nSPS) is 11.5. The first-order valence-electron chi connectivity index (χ1n) is 11.1. The van der Waals surface area contributed by atoms with Crippen LogP contribution in [0.3, 0.4) is 0 Å². The number of rotatable bonds is 8. The van der Waals surface area contributed by atoms with Crippen LogP contribution in [0.5, 0.6) is 0 Å². The van der Waals surface area contributed by atoms with Crippen molar-refractivity contribution in [1.82, 2.24) is 0 Å². The van der Waals surface area contributed by atoms with Crippen molar-refractivity contribution in [1.29, 1.82) is 0 Å². The van der Waals surface area contributed by atoms with Crippen LogP contribution in [0.25, 0.3) is 0 Å². The molecule has 0 aliphatic rings. The van der Waals surface area contributed by atoms with Gasteiger partial charge in [-0.2, -0.15) is 0 Å². The van der Waals surface area contributed by atoms with E-state index in [0.29, 0.717) is 16.3 Å². The Morgan fingerprint density at radius 3 is 1.75 bits per heavy atom. The molecule has 0 heterocycles. The Balaban J connectivity index is 2.00. The lowest BCUT2D eigenvalue weighted by Gasteiger charge is -2.21. The lowest BCUT2D eigenvalue weighted by atomic mass is 10.0. The summed E-state index contributed by atoms with van der Waals surface area (Å²) in [5.41, 5.74) is 2.59. The quantitative estimate of drug-likeness (QED) is 0.223. The standard InChI is InChI=1S/C28H24N2O5S/c1-17-8-12-19(13-9-17)29-23-16-22(27(31)32)25(30-20-14-10-18(2)11-15-20)26(24(23)28(33)34)36(35)21-6-4-3-5-7-21/h3-16,29-30H,1-2H3,(H,31,32)(H,33,34). The predicted octanol–water partition coefficient (Wildman–Crippen LogP) is 6.35. The van der Waals surface area contributed by atoms with E-state index in [1.165, 1.54) is 6.07 Å². The average Bonchev–Trinajstić information content (AvgIpc) is 2.86. The fourth-order valence-electron chi connectivity index (χ4n) is 3.68. The maximum atomic E-state index is 13.8. The summed E-state index contributed by atoms with van der Waals surface area (Å²) in [6, 6.07) is 24.0. The van der Waals surface area contributed by atoms with Gasteiger partial charge < -0.3 is 20.8 Å². The first-order valence-corrected chi connectivity index (χ1v) is 12.2. The molecule has 0 fully saturated rings. The number of hydrogen-bond acceptors (Lipinski definition) is 5. The van der Waals surface area contributed by atoms with Crippen molar-refractivity contribution in [3.05, 3.63) is 107 Å². The topological polar surface area (TPSA) is 116 Å². The van der Waals surface area contributed by atoms with Gasteiger partial charge in [0, 0.05) is 16.3 Å². The summed E-state index contributed by atoms with van der Waals surface area (Å²) in [7, 11) is -2.01. The van der Waals surface area contributed by atoms with Gasteiger partial charge in [0.15, 0.2) is 0 Å². The van der Waals surface area contributed by atoms with E-state index in [0.717, 1.165) is 11.1 Å². The number of hydrogen-bond donors (Lipinski definition) is 4. The summed E-state index contributed by atoms with van der Waals surface area (Å²) >= 11 is 0. The first kappa shape index (κ1) is 24.7. The van der Waals surface area contributed by atoms with Crippen LogP contribution < -0.4 is 10.6 Å². The van der Waals surface area contributed by atoms with Gasteiger partial charge in [-0.05, 0) is 56.3 Å². The average molecular weight is 501 g/mol. The molecule has 182 valence electrons. The summed E-state index contributed by atoms with van der Waals surface area (Å²) in [6.07, 6.45) is 0. The van der Waals surface area contributed by atoms with Crippen LogP contribution in [-0.2, 0) is 10.8 Å². The van der Waals surface area contributed by atoms with Gasteiger partial charge in [-0.25, -0.2) is 13.8 Å². The number of carbonyl (C=O) groups is 2. The van der Waals surface area contributed by atoms with E-state index in [4.69, 9.17) is 0 Å². The van der Waals surface area contributed by atoms with E-state index >= 15 is 0 Å². The molecule has 4 rings (SSSR count). The van der Waals surface area contributed by atoms with E-state index in [-0.39, 0.29) is 27.4 Å². The number of nitrogens with one attached hydrogen (secondary N) is 2. The largest absolute Gasteiger partial charge is 0.478 e. The number of benzene rings is 4. The molecule has 0 radical (unpaired) electrons. The molecule has 0 aliphatic heterocycles. The van der Waals surface area contributed by atoms with Gasteiger partial charge in [0.25, 0.3) is 0 Å². The van der Waals surface area contributed by atoms with Gasteiger partial charge >= 0.3 is 11.9 Å². The van der Waals surface area contributed by atoms with Crippen LogP contribution >= 0.6 is 0 Å². The summed E-state index contributed by atoms with van der Waals surface area (Å²) in [5.74, 6) is -2.63. The molecular weight excluding hydrogens is 476 g/mol. The Kier molecular flexibility index (Phi) is 7.17. The zero-order valence-corrected chi connectivity index (χ0v) is 20.4. The molecule has 8 heteroatoms. The highest BCUT2D eigenvalue weighted by Gasteiger charge is 2.30. The molecule has 0 spiro atoms. The van der Waals surface area contributed by atoms with Crippen LogP contribution in [0.15, 0.2) is 94.7 Å². The van der Waals surface area contributed by atoms with Crippen molar-refractivity contribution in [3.63, 3.8) is 0 Å². The van der Waals surface area contributed by atoms with E-state index in [1.807, 2.05) is 38.1 Å². The SMILES string of the molecule is Cc1ccc(Nc2cc(C(=O)O)c(Nc3ccc(C)cc3)c(S(=O)c3ccccc3)c2C(=O)O)cc1. The van der Waals surface area contributed by atoms with E-state index in [9.17, 15) is 24.0 Å². The fraction of sp³-hybridized carbons (Fsp3) is 0.0714. The molecule has 0 amide bonds.